The third kappa shape index (κ3) is 4.16. The lowest BCUT2D eigenvalue weighted by Crippen LogP contribution is -2.30. The summed E-state index contributed by atoms with van der Waals surface area (Å²) >= 11 is 12.3. The fourth-order valence-corrected chi connectivity index (χ4v) is 4.76. The van der Waals surface area contributed by atoms with Crippen molar-refractivity contribution in [2.24, 2.45) is 0 Å². The average molecular weight is 462 g/mol. The molecule has 0 saturated heterocycles. The van der Waals surface area contributed by atoms with Crippen LogP contribution in [0.25, 0.3) is 22.5 Å². The van der Waals surface area contributed by atoms with Gasteiger partial charge in [0.2, 0.25) is 0 Å². The van der Waals surface area contributed by atoms with Crippen molar-refractivity contribution in [3.05, 3.63) is 99.5 Å². The molecule has 0 fully saturated rings. The van der Waals surface area contributed by atoms with Crippen LogP contribution in [0.2, 0.25) is 10.0 Å². The molecule has 1 aliphatic rings. The van der Waals surface area contributed by atoms with Crippen LogP contribution >= 0.6 is 23.2 Å². The SMILES string of the molecule is O=C(N[C@H]1CCCc2ccccc21)c1ccc(-c2cc(-c3ccc(Cl)cc3Cl)[nH]n2)cc1. The molecule has 1 atom stereocenters. The van der Waals surface area contributed by atoms with Crippen molar-refractivity contribution in [3.63, 3.8) is 0 Å². The highest BCUT2D eigenvalue weighted by Gasteiger charge is 2.22. The lowest BCUT2D eigenvalue weighted by Gasteiger charge is -2.26. The number of rotatable bonds is 4. The van der Waals surface area contributed by atoms with E-state index in [1.165, 1.54) is 11.1 Å². The second kappa shape index (κ2) is 8.81. The zero-order valence-corrected chi connectivity index (χ0v) is 18.8. The summed E-state index contributed by atoms with van der Waals surface area (Å²) in [4.78, 5) is 12.9. The van der Waals surface area contributed by atoms with Crippen LogP contribution in [0.4, 0.5) is 0 Å². The maximum Gasteiger partial charge on any atom is 0.251 e. The molecule has 160 valence electrons. The first-order valence-electron chi connectivity index (χ1n) is 10.6. The third-order valence-electron chi connectivity index (χ3n) is 5.92. The molecule has 6 heteroatoms. The topological polar surface area (TPSA) is 57.8 Å². The minimum Gasteiger partial charge on any atom is -0.345 e. The summed E-state index contributed by atoms with van der Waals surface area (Å²) < 4.78 is 0. The molecule has 0 saturated carbocycles. The Morgan fingerprint density at radius 2 is 1.81 bits per heavy atom. The minimum atomic E-state index is -0.0612. The van der Waals surface area contributed by atoms with Crippen LogP contribution in [-0.2, 0) is 6.42 Å². The van der Waals surface area contributed by atoms with Gasteiger partial charge in [-0.25, -0.2) is 0 Å². The molecule has 1 aromatic heterocycles. The van der Waals surface area contributed by atoms with Crippen molar-refractivity contribution >= 4 is 29.1 Å². The zero-order chi connectivity index (χ0) is 22.1. The van der Waals surface area contributed by atoms with Crippen molar-refractivity contribution in [2.75, 3.05) is 0 Å². The van der Waals surface area contributed by atoms with Crippen LogP contribution in [0.5, 0.6) is 0 Å². The lowest BCUT2D eigenvalue weighted by molar-refractivity contribution is 0.0933. The lowest BCUT2D eigenvalue weighted by atomic mass is 9.87. The zero-order valence-electron chi connectivity index (χ0n) is 17.2. The highest BCUT2D eigenvalue weighted by Crippen LogP contribution is 2.32. The van der Waals surface area contributed by atoms with Crippen LogP contribution in [-0.4, -0.2) is 16.1 Å². The van der Waals surface area contributed by atoms with Crippen LogP contribution in [0, 0.1) is 0 Å². The number of aryl methyl sites for hydroxylation is 1. The van der Waals surface area contributed by atoms with Gasteiger partial charge >= 0.3 is 0 Å². The van der Waals surface area contributed by atoms with Crippen LogP contribution in [0.3, 0.4) is 0 Å². The summed E-state index contributed by atoms with van der Waals surface area (Å²) in [5.74, 6) is -0.0612. The Morgan fingerprint density at radius 1 is 1.00 bits per heavy atom. The van der Waals surface area contributed by atoms with Gasteiger partial charge in [-0.3, -0.25) is 9.89 Å². The fourth-order valence-electron chi connectivity index (χ4n) is 4.25. The Labute approximate surface area is 196 Å². The molecule has 4 nitrogen and oxygen atoms in total. The molecule has 4 aromatic rings. The molecule has 1 heterocycles. The number of fused-ring (bicyclic) bond motifs is 1. The molecule has 0 aliphatic heterocycles. The van der Waals surface area contributed by atoms with Crippen molar-refractivity contribution in [2.45, 2.75) is 25.3 Å². The van der Waals surface area contributed by atoms with E-state index in [0.717, 1.165) is 41.8 Å². The number of amides is 1. The number of halogens is 2. The molecule has 1 aliphatic carbocycles. The Kier molecular flexibility index (Phi) is 5.73. The summed E-state index contributed by atoms with van der Waals surface area (Å²) in [6.45, 7) is 0. The van der Waals surface area contributed by atoms with Gasteiger partial charge in [0.15, 0.2) is 0 Å². The highest BCUT2D eigenvalue weighted by molar-refractivity contribution is 6.36. The first kappa shape index (κ1) is 20.8. The van der Waals surface area contributed by atoms with Crippen molar-refractivity contribution < 1.29 is 4.79 Å². The second-order valence-corrected chi connectivity index (χ2v) is 8.83. The average Bonchev–Trinajstić information content (AvgIpc) is 3.29. The molecule has 3 aromatic carbocycles. The van der Waals surface area contributed by atoms with Gasteiger partial charge in [0, 0.05) is 21.7 Å². The number of nitrogens with one attached hydrogen (secondary N) is 2. The number of hydrogen-bond acceptors (Lipinski definition) is 2. The van der Waals surface area contributed by atoms with E-state index >= 15 is 0 Å². The van der Waals surface area contributed by atoms with Crippen LogP contribution in [0.1, 0.15) is 40.4 Å². The predicted octanol–water partition coefficient (Wildman–Crippen LogP) is 6.86. The molecule has 0 spiro atoms. The third-order valence-corrected chi connectivity index (χ3v) is 6.46. The van der Waals surface area contributed by atoms with Gasteiger partial charge in [0.25, 0.3) is 5.91 Å². The van der Waals surface area contributed by atoms with E-state index in [-0.39, 0.29) is 11.9 Å². The van der Waals surface area contributed by atoms with Crippen molar-refractivity contribution in [3.8, 4) is 22.5 Å². The largest absolute Gasteiger partial charge is 0.345 e. The maximum atomic E-state index is 12.9. The Morgan fingerprint density at radius 3 is 2.62 bits per heavy atom. The van der Waals surface area contributed by atoms with Crippen molar-refractivity contribution in [1.82, 2.24) is 15.5 Å². The molecule has 0 bridgehead atoms. The number of carbonyl (C=O) groups excluding carboxylic acids is 1. The number of H-pyrrole nitrogens is 1. The number of aromatic amines is 1. The second-order valence-electron chi connectivity index (χ2n) is 7.99. The van der Waals surface area contributed by atoms with Crippen LogP contribution in [0.15, 0.2) is 72.8 Å². The quantitative estimate of drug-likeness (QED) is 0.348. The first-order chi connectivity index (χ1) is 15.6. The molecule has 1 amide bonds. The standard InChI is InChI=1S/C26H21Cl2N3O/c27-19-12-13-21(22(28)14-19)25-15-24(30-31-25)17-8-10-18(11-9-17)26(32)29-23-7-3-5-16-4-1-2-6-20(16)23/h1-2,4,6,8-15,23H,3,5,7H2,(H,29,32)(H,30,31)/t23-/m0/s1. The smallest absolute Gasteiger partial charge is 0.251 e. The van der Waals surface area contributed by atoms with E-state index in [1.807, 2.05) is 42.5 Å². The van der Waals surface area contributed by atoms with E-state index < -0.39 is 0 Å². The molecular formula is C26H21Cl2N3O. The molecule has 32 heavy (non-hydrogen) atoms. The van der Waals surface area contributed by atoms with Gasteiger partial charge in [0.05, 0.1) is 22.5 Å². The first-order valence-corrected chi connectivity index (χ1v) is 11.3. The summed E-state index contributed by atoms with van der Waals surface area (Å²) in [5, 5.41) is 11.8. The van der Waals surface area contributed by atoms with E-state index in [9.17, 15) is 4.79 Å². The summed E-state index contributed by atoms with van der Waals surface area (Å²) in [6.07, 6.45) is 3.12. The Bertz CT molecular complexity index is 1280. The normalized spacial score (nSPS) is 15.2. The minimum absolute atomic E-state index is 0.0603. The van der Waals surface area contributed by atoms with E-state index in [0.29, 0.717) is 15.6 Å². The number of benzene rings is 3. The number of nitrogens with zero attached hydrogens (tertiary/aromatic N) is 1. The molecule has 0 unspecified atom stereocenters. The fraction of sp³-hybridized carbons (Fsp3) is 0.154. The van der Waals surface area contributed by atoms with Gasteiger partial charge < -0.3 is 5.32 Å². The Balaban J connectivity index is 1.32. The number of hydrogen-bond donors (Lipinski definition) is 2. The van der Waals surface area contributed by atoms with Crippen molar-refractivity contribution in [1.29, 1.82) is 0 Å². The van der Waals surface area contributed by atoms with Gasteiger partial charge in [-0.05, 0) is 66.8 Å². The van der Waals surface area contributed by atoms with Gasteiger partial charge in [0.1, 0.15) is 0 Å². The summed E-state index contributed by atoms with van der Waals surface area (Å²) in [6, 6.07) is 23.2. The monoisotopic (exact) mass is 461 g/mol. The van der Waals surface area contributed by atoms with Gasteiger partial charge in [-0.15, -0.1) is 0 Å². The van der Waals surface area contributed by atoms with Crippen LogP contribution < -0.4 is 5.32 Å². The maximum absolute atomic E-state index is 12.9. The Hall–Kier alpha value is -3.08. The van der Waals surface area contributed by atoms with E-state index in [2.05, 4.69) is 33.7 Å². The van der Waals surface area contributed by atoms with Gasteiger partial charge in [-0.2, -0.15) is 5.10 Å². The summed E-state index contributed by atoms with van der Waals surface area (Å²) in [7, 11) is 0. The van der Waals surface area contributed by atoms with E-state index in [1.54, 1.807) is 12.1 Å². The molecular weight excluding hydrogens is 441 g/mol. The number of aromatic nitrogens is 2. The highest BCUT2D eigenvalue weighted by atomic mass is 35.5. The van der Waals surface area contributed by atoms with E-state index in [4.69, 9.17) is 23.2 Å². The summed E-state index contributed by atoms with van der Waals surface area (Å²) in [5.41, 5.74) is 6.52. The molecule has 0 radical (unpaired) electrons. The van der Waals surface area contributed by atoms with Gasteiger partial charge in [-0.1, -0.05) is 59.6 Å². The molecule has 2 N–H and O–H groups in total. The number of carbonyl (C=O) groups is 1. The molecule has 5 rings (SSSR count). The predicted molar refractivity (Wildman–Crippen MR) is 129 cm³/mol.